The van der Waals surface area contributed by atoms with Crippen molar-refractivity contribution in [3.05, 3.63) is 60.7 Å². The van der Waals surface area contributed by atoms with Crippen molar-refractivity contribution in [3.63, 3.8) is 0 Å². The number of anilines is 2. The Bertz CT molecular complexity index is 1070. The van der Waals surface area contributed by atoms with E-state index in [0.717, 1.165) is 11.4 Å². The number of hydrogen-bond donors (Lipinski definition) is 0. The third kappa shape index (κ3) is 3.48. The summed E-state index contributed by atoms with van der Waals surface area (Å²) in [6, 6.07) is 21.1. The molecule has 3 aliphatic heterocycles. The molecule has 3 saturated heterocycles. The van der Waals surface area contributed by atoms with E-state index in [1.54, 1.807) is 0 Å². The summed E-state index contributed by atoms with van der Waals surface area (Å²) in [6.07, 6.45) is 0. The predicted molar refractivity (Wildman–Crippen MR) is 166 cm³/mol. The van der Waals surface area contributed by atoms with Crippen molar-refractivity contribution >= 4 is 47.1 Å². The van der Waals surface area contributed by atoms with Crippen LogP contribution < -0.4 is 8.88 Å². The second kappa shape index (κ2) is 9.43. The molecule has 0 N–H and O–H groups in total. The molecule has 3 fully saturated rings. The number of rotatable bonds is 6. The van der Waals surface area contributed by atoms with Gasteiger partial charge in [-0.3, -0.25) is 0 Å². The van der Waals surface area contributed by atoms with Crippen LogP contribution in [0.2, 0.25) is 0 Å². The van der Waals surface area contributed by atoms with Crippen LogP contribution in [-0.2, 0) is 9.05 Å². The molecule has 2 unspecified atom stereocenters. The number of halogens is 2. The molecule has 0 radical (unpaired) electrons. The molecule has 0 amide bonds. The molecule has 212 valence electrons. The Morgan fingerprint density at radius 3 is 1.18 bits per heavy atom. The first-order chi connectivity index (χ1) is 17.8. The van der Waals surface area contributed by atoms with Crippen LogP contribution in [-0.4, -0.2) is 46.7 Å². The van der Waals surface area contributed by atoms with E-state index in [-0.39, 0.29) is 24.2 Å². The Balaban J connectivity index is 1.91. The van der Waals surface area contributed by atoms with Crippen LogP contribution in [0.4, 0.5) is 11.4 Å². The van der Waals surface area contributed by atoms with Gasteiger partial charge in [-0.05, 0) is 0 Å². The van der Waals surface area contributed by atoms with E-state index in [4.69, 9.17) is 31.5 Å². The molecule has 6 nitrogen and oxygen atoms in total. The first-order valence-electron chi connectivity index (χ1n) is 13.9. The fraction of sp³-hybridized carbons (Fsp3) is 0.571. The maximum atomic E-state index is 8.38. The van der Waals surface area contributed by atoms with Crippen molar-refractivity contribution in [3.8, 4) is 0 Å². The molecule has 10 heteroatoms. The van der Waals surface area contributed by atoms with Crippen LogP contribution in [0.25, 0.3) is 0 Å². The van der Waals surface area contributed by atoms with Crippen LogP contribution in [0.1, 0.15) is 55.4 Å². The monoisotopic (exact) mass is 600 g/mol. The number of para-hydroxylation sites is 2. The molecule has 2 aromatic rings. The van der Waals surface area contributed by atoms with Gasteiger partial charge in [0.15, 0.2) is 0 Å². The van der Waals surface area contributed by atoms with Gasteiger partial charge in [0.2, 0.25) is 0 Å². The Kier molecular flexibility index (Phi) is 7.15. The SMILES string of the molecule is CC(C)C1COP2(Cl)(N1C(C)C)N(c1ccccc1)P1(Cl)(OCC(C(C)C)N1C(C)C)N2c1ccccc1. The first kappa shape index (κ1) is 28.8. The van der Waals surface area contributed by atoms with Gasteiger partial charge < -0.3 is 0 Å². The van der Waals surface area contributed by atoms with Gasteiger partial charge in [-0.25, -0.2) is 0 Å². The van der Waals surface area contributed by atoms with E-state index in [0.29, 0.717) is 25.0 Å². The molecule has 3 aliphatic rings. The molecule has 0 bridgehead atoms. The maximum absolute atomic E-state index is 8.38. The van der Waals surface area contributed by atoms with Crippen molar-refractivity contribution in [1.82, 2.24) is 9.34 Å². The second-order valence-corrected chi connectivity index (χ2v) is 22.5. The molecule has 38 heavy (non-hydrogen) atoms. The van der Waals surface area contributed by atoms with Crippen molar-refractivity contribution < 1.29 is 9.05 Å². The summed E-state index contributed by atoms with van der Waals surface area (Å²) in [5, 5.41) is 0. The Morgan fingerprint density at radius 2 is 0.921 bits per heavy atom. The predicted octanol–water partition coefficient (Wildman–Crippen LogP) is 9.28. The first-order valence-corrected chi connectivity index (χ1v) is 19.7. The van der Waals surface area contributed by atoms with E-state index in [1.165, 1.54) is 0 Å². The average Bonchev–Trinajstić information content (AvgIpc) is 3.36. The van der Waals surface area contributed by atoms with Crippen LogP contribution in [0.5, 0.6) is 0 Å². The standard InChI is InChI=1S/C28H44Cl2N4O2P2/c1-21(2)27-19-35-37(29,31(27)23(5)6)33(25-15-11-9-12-16-25)38(30,34(37)26-17-13-10-14-18-26)32(24(7)8)28(20-36-38)22(3)4/h9-18,21-24,27-28H,19-20H2,1-8H3. The van der Waals surface area contributed by atoms with Crippen molar-refractivity contribution in [2.75, 3.05) is 22.1 Å². The van der Waals surface area contributed by atoms with Gasteiger partial charge in [-0.15, -0.1) is 0 Å². The van der Waals surface area contributed by atoms with E-state index < -0.39 is 13.3 Å². The minimum absolute atomic E-state index is 0.109. The summed E-state index contributed by atoms with van der Waals surface area (Å²) in [4.78, 5) is 0. The molecule has 2 spiro atoms. The van der Waals surface area contributed by atoms with Crippen LogP contribution in [0.3, 0.4) is 0 Å². The molecule has 5 rings (SSSR count). The Morgan fingerprint density at radius 1 is 0.605 bits per heavy atom. The van der Waals surface area contributed by atoms with Crippen LogP contribution >= 0.6 is 35.8 Å². The Hall–Kier alpha value is -0.680. The zero-order valence-electron chi connectivity index (χ0n) is 23.9. The van der Waals surface area contributed by atoms with E-state index >= 15 is 0 Å². The van der Waals surface area contributed by atoms with E-state index in [2.05, 4.69) is 97.9 Å². The van der Waals surface area contributed by atoms with Gasteiger partial charge in [-0.2, -0.15) is 0 Å². The summed E-state index contributed by atoms with van der Waals surface area (Å²) in [6.45, 7) is 10.7. The zero-order valence-corrected chi connectivity index (χ0v) is 27.2. The zero-order chi connectivity index (χ0) is 27.7. The number of hydrogen-bond acceptors (Lipinski definition) is 6. The summed E-state index contributed by atoms with van der Waals surface area (Å²) >= 11 is 16.8. The minimum atomic E-state index is -4.10. The average molecular weight is 602 g/mol. The van der Waals surface area contributed by atoms with Crippen LogP contribution in [0.15, 0.2) is 60.7 Å². The normalized spacial score (nSPS) is 30.2. The molecular formula is C28H44Cl2N4O2P2. The van der Waals surface area contributed by atoms with Gasteiger partial charge in [-0.1, -0.05) is 0 Å². The summed E-state index contributed by atoms with van der Waals surface area (Å²) in [7, 11) is 0. The topological polar surface area (TPSA) is 31.4 Å². The number of benzene rings is 2. The van der Waals surface area contributed by atoms with E-state index in [1.807, 2.05) is 36.4 Å². The fourth-order valence-corrected chi connectivity index (χ4v) is 29.1. The molecule has 3 heterocycles. The van der Waals surface area contributed by atoms with E-state index in [9.17, 15) is 0 Å². The molecule has 0 aliphatic carbocycles. The third-order valence-corrected chi connectivity index (χ3v) is 24.5. The van der Waals surface area contributed by atoms with Gasteiger partial charge in [0.25, 0.3) is 0 Å². The molecule has 2 atom stereocenters. The van der Waals surface area contributed by atoms with Crippen molar-refractivity contribution in [1.29, 1.82) is 0 Å². The van der Waals surface area contributed by atoms with Gasteiger partial charge in [0.1, 0.15) is 0 Å². The van der Waals surface area contributed by atoms with Crippen molar-refractivity contribution in [2.24, 2.45) is 11.8 Å². The Labute approximate surface area is 239 Å². The number of nitrogens with zero attached hydrogens (tertiary/aromatic N) is 4. The third-order valence-electron chi connectivity index (χ3n) is 8.24. The summed E-state index contributed by atoms with van der Waals surface area (Å²) in [5.74, 6) is 0.677. The molecule has 2 aromatic carbocycles. The van der Waals surface area contributed by atoms with Crippen LogP contribution in [0, 0.1) is 11.8 Å². The van der Waals surface area contributed by atoms with Gasteiger partial charge in [0, 0.05) is 0 Å². The summed E-state index contributed by atoms with van der Waals surface area (Å²) < 4.78 is 23.7. The molecule has 0 aromatic heterocycles. The van der Waals surface area contributed by atoms with Gasteiger partial charge in [0.05, 0.1) is 0 Å². The quantitative estimate of drug-likeness (QED) is 0.307. The van der Waals surface area contributed by atoms with Gasteiger partial charge >= 0.3 is 240 Å². The molecular weight excluding hydrogens is 557 g/mol. The second-order valence-electron chi connectivity index (χ2n) is 12.0. The molecule has 0 saturated carbocycles. The van der Waals surface area contributed by atoms with Crippen molar-refractivity contribution in [2.45, 2.75) is 79.6 Å². The summed E-state index contributed by atoms with van der Waals surface area (Å²) in [5.41, 5.74) is 1.87. The fourth-order valence-electron chi connectivity index (χ4n) is 6.87.